The summed E-state index contributed by atoms with van der Waals surface area (Å²) in [7, 11) is 0. The Morgan fingerprint density at radius 3 is 2.56 bits per heavy atom. The van der Waals surface area contributed by atoms with Crippen molar-refractivity contribution in [2.75, 3.05) is 6.54 Å². The zero-order chi connectivity index (χ0) is 13.3. The lowest BCUT2D eigenvalue weighted by atomic mass is 9.85. The van der Waals surface area contributed by atoms with Crippen molar-refractivity contribution in [2.24, 2.45) is 0 Å². The van der Waals surface area contributed by atoms with E-state index in [1.165, 1.54) is 16.7 Å². The molecule has 0 saturated carbocycles. The Bertz CT molecular complexity index is 460. The van der Waals surface area contributed by atoms with Crippen molar-refractivity contribution in [3.63, 3.8) is 0 Å². The quantitative estimate of drug-likeness (QED) is 0.893. The van der Waals surface area contributed by atoms with Gasteiger partial charge in [0.15, 0.2) is 0 Å². The van der Waals surface area contributed by atoms with Crippen LogP contribution >= 0.6 is 0 Å². The van der Waals surface area contributed by atoms with Gasteiger partial charge in [0.05, 0.1) is 6.42 Å². The van der Waals surface area contributed by atoms with Crippen LogP contribution in [0, 0.1) is 0 Å². The highest BCUT2D eigenvalue weighted by Gasteiger charge is 2.22. The summed E-state index contributed by atoms with van der Waals surface area (Å²) in [5.41, 5.74) is 4.21. The highest BCUT2D eigenvalue weighted by atomic mass is 16.4. The van der Waals surface area contributed by atoms with Gasteiger partial charge in [0, 0.05) is 19.6 Å². The largest absolute Gasteiger partial charge is 0.481 e. The molecule has 3 nitrogen and oxygen atoms in total. The van der Waals surface area contributed by atoms with E-state index < -0.39 is 5.97 Å². The van der Waals surface area contributed by atoms with Gasteiger partial charge in [-0.15, -0.1) is 0 Å². The predicted molar refractivity (Wildman–Crippen MR) is 71.5 cm³/mol. The van der Waals surface area contributed by atoms with Crippen LogP contribution in [0.15, 0.2) is 18.2 Å². The van der Waals surface area contributed by atoms with Gasteiger partial charge in [0.1, 0.15) is 0 Å². The molecule has 0 unspecified atom stereocenters. The lowest BCUT2D eigenvalue weighted by Gasteiger charge is -2.19. The first-order valence-electron chi connectivity index (χ1n) is 6.43. The lowest BCUT2D eigenvalue weighted by molar-refractivity contribution is -0.137. The Labute approximate surface area is 108 Å². The van der Waals surface area contributed by atoms with Crippen LogP contribution < -0.4 is 0 Å². The monoisotopic (exact) mass is 247 g/mol. The zero-order valence-corrected chi connectivity index (χ0v) is 11.4. The molecule has 0 amide bonds. The summed E-state index contributed by atoms with van der Waals surface area (Å²) in [5.74, 6) is -0.721. The van der Waals surface area contributed by atoms with E-state index in [-0.39, 0.29) is 11.8 Å². The third-order valence-corrected chi connectivity index (χ3v) is 3.50. The summed E-state index contributed by atoms with van der Waals surface area (Å²) in [5, 5.41) is 8.71. The number of carboxylic acids is 1. The molecule has 0 aliphatic carbocycles. The smallest absolute Gasteiger partial charge is 0.304 e. The first-order valence-corrected chi connectivity index (χ1v) is 6.43. The summed E-state index contributed by atoms with van der Waals surface area (Å²) in [6.45, 7) is 9.04. The number of aliphatic carboxylic acids is 1. The van der Waals surface area contributed by atoms with E-state index >= 15 is 0 Å². The van der Waals surface area contributed by atoms with E-state index in [4.69, 9.17) is 5.11 Å². The molecule has 1 aromatic carbocycles. The van der Waals surface area contributed by atoms with Gasteiger partial charge in [-0.3, -0.25) is 9.69 Å². The number of hydrogen-bond donors (Lipinski definition) is 1. The number of nitrogens with zero attached hydrogens (tertiary/aromatic N) is 1. The van der Waals surface area contributed by atoms with Gasteiger partial charge in [-0.05, 0) is 22.1 Å². The number of rotatable bonds is 3. The van der Waals surface area contributed by atoms with Crippen LogP contribution in [-0.4, -0.2) is 22.5 Å². The third-order valence-electron chi connectivity index (χ3n) is 3.50. The minimum Gasteiger partial charge on any atom is -0.481 e. The van der Waals surface area contributed by atoms with Gasteiger partial charge in [-0.25, -0.2) is 0 Å². The van der Waals surface area contributed by atoms with Crippen LogP contribution in [-0.2, 0) is 23.3 Å². The van der Waals surface area contributed by atoms with Crippen molar-refractivity contribution in [1.29, 1.82) is 0 Å². The molecular formula is C15H21NO2. The number of carboxylic acid groups (broad SMARTS) is 1. The van der Waals surface area contributed by atoms with Gasteiger partial charge in [0.25, 0.3) is 0 Å². The van der Waals surface area contributed by atoms with E-state index in [0.717, 1.165) is 13.1 Å². The van der Waals surface area contributed by atoms with Crippen LogP contribution in [0.4, 0.5) is 0 Å². The average Bonchev–Trinajstić information content (AvgIpc) is 2.66. The fourth-order valence-electron chi connectivity index (χ4n) is 2.34. The van der Waals surface area contributed by atoms with Crippen LogP contribution in [0.1, 0.15) is 43.9 Å². The van der Waals surface area contributed by atoms with Crippen LogP contribution in [0.3, 0.4) is 0 Å². The zero-order valence-electron chi connectivity index (χ0n) is 11.4. The summed E-state index contributed by atoms with van der Waals surface area (Å²) in [6.07, 6.45) is 0.222. The molecular weight excluding hydrogens is 226 g/mol. The number of hydrogen-bond acceptors (Lipinski definition) is 2. The summed E-state index contributed by atoms with van der Waals surface area (Å²) >= 11 is 0. The molecule has 18 heavy (non-hydrogen) atoms. The van der Waals surface area contributed by atoms with Crippen molar-refractivity contribution >= 4 is 5.97 Å². The molecule has 0 fully saturated rings. The normalized spacial score (nSPS) is 15.7. The van der Waals surface area contributed by atoms with Crippen molar-refractivity contribution in [3.05, 3.63) is 34.9 Å². The molecule has 1 aliphatic heterocycles. The SMILES string of the molecule is CC(C)(C)c1ccc2c(c1)CN(CCC(=O)O)C2. The number of fused-ring (bicyclic) bond motifs is 1. The van der Waals surface area contributed by atoms with Crippen molar-refractivity contribution in [3.8, 4) is 0 Å². The second-order valence-corrected chi connectivity index (χ2v) is 6.09. The Balaban J connectivity index is 2.08. The highest BCUT2D eigenvalue weighted by Crippen LogP contribution is 2.29. The summed E-state index contributed by atoms with van der Waals surface area (Å²) in [4.78, 5) is 12.8. The second kappa shape index (κ2) is 4.73. The Morgan fingerprint density at radius 1 is 1.28 bits per heavy atom. The minimum atomic E-state index is -0.721. The lowest BCUT2D eigenvalue weighted by Crippen LogP contribution is -2.20. The molecule has 0 spiro atoms. The van der Waals surface area contributed by atoms with Crippen LogP contribution in [0.5, 0.6) is 0 Å². The minimum absolute atomic E-state index is 0.170. The van der Waals surface area contributed by atoms with Gasteiger partial charge in [-0.1, -0.05) is 39.0 Å². The Hall–Kier alpha value is -1.35. The average molecular weight is 247 g/mol. The van der Waals surface area contributed by atoms with Gasteiger partial charge < -0.3 is 5.11 Å². The van der Waals surface area contributed by atoms with Crippen LogP contribution in [0.25, 0.3) is 0 Å². The standard InChI is InChI=1S/C15H21NO2/c1-15(2,3)13-5-4-11-9-16(7-6-14(17)18)10-12(11)8-13/h4-5,8H,6-7,9-10H2,1-3H3,(H,17,18). The van der Waals surface area contributed by atoms with E-state index in [2.05, 4.69) is 43.9 Å². The highest BCUT2D eigenvalue weighted by molar-refractivity contribution is 5.66. The Morgan fingerprint density at radius 2 is 1.94 bits per heavy atom. The maximum absolute atomic E-state index is 10.6. The molecule has 0 radical (unpaired) electrons. The third kappa shape index (κ3) is 2.91. The number of carbonyl (C=O) groups is 1. The molecule has 1 N–H and O–H groups in total. The molecule has 1 aromatic rings. The van der Waals surface area contributed by atoms with Gasteiger partial charge in [-0.2, -0.15) is 0 Å². The van der Waals surface area contributed by atoms with Crippen molar-refractivity contribution < 1.29 is 9.90 Å². The summed E-state index contributed by atoms with van der Waals surface area (Å²) < 4.78 is 0. The van der Waals surface area contributed by atoms with Gasteiger partial charge in [0.2, 0.25) is 0 Å². The molecule has 3 heteroatoms. The van der Waals surface area contributed by atoms with E-state index in [0.29, 0.717) is 6.54 Å². The van der Waals surface area contributed by atoms with Crippen LogP contribution in [0.2, 0.25) is 0 Å². The Kier molecular flexibility index (Phi) is 3.44. The second-order valence-electron chi connectivity index (χ2n) is 6.09. The van der Waals surface area contributed by atoms with E-state index in [1.54, 1.807) is 0 Å². The summed E-state index contributed by atoms with van der Waals surface area (Å²) in [6, 6.07) is 6.66. The van der Waals surface area contributed by atoms with Crippen molar-refractivity contribution in [2.45, 2.75) is 45.7 Å². The fraction of sp³-hybridized carbons (Fsp3) is 0.533. The molecule has 98 valence electrons. The van der Waals surface area contributed by atoms with Gasteiger partial charge >= 0.3 is 5.97 Å². The topological polar surface area (TPSA) is 40.5 Å². The predicted octanol–water partition coefficient (Wildman–Crippen LogP) is 2.77. The fourth-order valence-corrected chi connectivity index (χ4v) is 2.34. The van der Waals surface area contributed by atoms with E-state index in [9.17, 15) is 4.79 Å². The van der Waals surface area contributed by atoms with Crippen molar-refractivity contribution in [1.82, 2.24) is 4.90 Å². The molecule has 0 bridgehead atoms. The molecule has 0 atom stereocenters. The molecule has 2 rings (SSSR count). The number of benzene rings is 1. The maximum Gasteiger partial charge on any atom is 0.304 e. The first kappa shape index (κ1) is 13.1. The molecule has 1 heterocycles. The first-order chi connectivity index (χ1) is 8.36. The molecule has 1 aliphatic rings. The molecule has 0 saturated heterocycles. The maximum atomic E-state index is 10.6. The molecule has 0 aromatic heterocycles. The van der Waals surface area contributed by atoms with E-state index in [1.807, 2.05) is 0 Å².